The molecule has 0 radical (unpaired) electrons. The van der Waals surface area contributed by atoms with E-state index >= 15 is 0 Å². The second-order valence-corrected chi connectivity index (χ2v) is 6.97. The molecule has 4 rings (SSSR count). The van der Waals surface area contributed by atoms with Gasteiger partial charge in [-0.25, -0.2) is 4.39 Å². The molecule has 1 heterocycles. The van der Waals surface area contributed by atoms with Crippen LogP contribution >= 0.6 is 0 Å². The van der Waals surface area contributed by atoms with Crippen LogP contribution in [0.2, 0.25) is 0 Å². The first-order valence-corrected chi connectivity index (χ1v) is 9.60. The van der Waals surface area contributed by atoms with Gasteiger partial charge >= 0.3 is 0 Å². The van der Waals surface area contributed by atoms with E-state index in [9.17, 15) is 9.18 Å². The van der Waals surface area contributed by atoms with Crippen molar-refractivity contribution in [1.82, 2.24) is 4.98 Å². The lowest BCUT2D eigenvalue weighted by Crippen LogP contribution is -2.14. The zero-order valence-electron chi connectivity index (χ0n) is 15.9. The topological polar surface area (TPSA) is 56.9 Å². The zero-order valence-corrected chi connectivity index (χ0v) is 15.9. The maximum absolute atomic E-state index is 12.9. The second-order valence-electron chi connectivity index (χ2n) is 6.97. The van der Waals surface area contributed by atoms with Crippen molar-refractivity contribution in [2.75, 3.05) is 17.2 Å². The molecular weight excluding hydrogens is 365 g/mol. The molecule has 0 bridgehead atoms. The minimum atomic E-state index is -0.218. The maximum Gasteiger partial charge on any atom is 0.228 e. The Morgan fingerprint density at radius 1 is 0.897 bits per heavy atom. The van der Waals surface area contributed by atoms with Crippen molar-refractivity contribution in [3.63, 3.8) is 0 Å². The van der Waals surface area contributed by atoms with Crippen LogP contribution in [0.3, 0.4) is 0 Å². The normalized spacial score (nSPS) is 10.8. The summed E-state index contributed by atoms with van der Waals surface area (Å²) in [5.74, 6) is -0.268. The third kappa shape index (κ3) is 4.82. The van der Waals surface area contributed by atoms with Gasteiger partial charge in [0.25, 0.3) is 0 Å². The largest absolute Gasteiger partial charge is 0.385 e. The molecule has 29 heavy (non-hydrogen) atoms. The fourth-order valence-corrected chi connectivity index (χ4v) is 3.33. The highest BCUT2D eigenvalue weighted by atomic mass is 19.1. The van der Waals surface area contributed by atoms with Crippen molar-refractivity contribution >= 4 is 28.2 Å². The standard InChI is InChI=1S/C24H22FN3O/c25-19-7-5-17(6-8-19)13-14-26-20-9-11-21(12-10-20)28-24(29)15-18-16-27-23-4-2-1-3-22(18)23/h1-12,16,26-27H,13-15H2,(H,28,29). The summed E-state index contributed by atoms with van der Waals surface area (Å²) in [6, 6.07) is 22.1. The van der Waals surface area contributed by atoms with Crippen molar-refractivity contribution in [2.24, 2.45) is 0 Å². The number of carbonyl (C=O) groups excluding carboxylic acids is 1. The monoisotopic (exact) mass is 387 g/mol. The van der Waals surface area contributed by atoms with Gasteiger partial charge in [0.1, 0.15) is 5.82 Å². The number of rotatable bonds is 7. The summed E-state index contributed by atoms with van der Waals surface area (Å²) in [5.41, 5.74) is 4.84. The number of anilines is 2. The van der Waals surface area contributed by atoms with Gasteiger partial charge in [-0.15, -0.1) is 0 Å². The Labute approximate surface area is 168 Å². The predicted molar refractivity (Wildman–Crippen MR) is 116 cm³/mol. The Kier molecular flexibility index (Phi) is 5.56. The molecule has 0 spiro atoms. The van der Waals surface area contributed by atoms with Gasteiger partial charge in [0, 0.05) is 35.0 Å². The van der Waals surface area contributed by atoms with Gasteiger partial charge in [-0.3, -0.25) is 4.79 Å². The summed E-state index contributed by atoms with van der Waals surface area (Å²) in [4.78, 5) is 15.6. The van der Waals surface area contributed by atoms with Gasteiger partial charge in [0.2, 0.25) is 5.91 Å². The Balaban J connectivity index is 1.28. The van der Waals surface area contributed by atoms with Crippen molar-refractivity contribution in [3.8, 4) is 0 Å². The second kappa shape index (κ2) is 8.61. The quantitative estimate of drug-likeness (QED) is 0.411. The summed E-state index contributed by atoms with van der Waals surface area (Å²) in [5, 5.41) is 7.35. The molecule has 1 amide bonds. The maximum atomic E-state index is 12.9. The zero-order chi connectivity index (χ0) is 20.1. The van der Waals surface area contributed by atoms with Crippen LogP contribution < -0.4 is 10.6 Å². The number of halogens is 1. The summed E-state index contributed by atoms with van der Waals surface area (Å²) < 4.78 is 12.9. The van der Waals surface area contributed by atoms with E-state index in [-0.39, 0.29) is 11.7 Å². The van der Waals surface area contributed by atoms with Crippen LogP contribution in [0.15, 0.2) is 79.0 Å². The Morgan fingerprint density at radius 2 is 1.62 bits per heavy atom. The van der Waals surface area contributed by atoms with Gasteiger partial charge < -0.3 is 15.6 Å². The van der Waals surface area contributed by atoms with E-state index in [1.165, 1.54) is 12.1 Å². The molecule has 0 fully saturated rings. The molecule has 0 saturated heterocycles. The van der Waals surface area contributed by atoms with E-state index in [0.29, 0.717) is 6.42 Å². The fourth-order valence-electron chi connectivity index (χ4n) is 3.33. The van der Waals surface area contributed by atoms with Gasteiger partial charge in [-0.1, -0.05) is 30.3 Å². The van der Waals surface area contributed by atoms with Crippen molar-refractivity contribution in [3.05, 3.63) is 95.9 Å². The van der Waals surface area contributed by atoms with Gasteiger partial charge in [0.15, 0.2) is 0 Å². The van der Waals surface area contributed by atoms with Crippen molar-refractivity contribution in [1.29, 1.82) is 0 Å². The van der Waals surface area contributed by atoms with Gasteiger partial charge in [-0.05, 0) is 60.0 Å². The molecule has 4 aromatic rings. The molecule has 0 saturated carbocycles. The number of hydrogen-bond donors (Lipinski definition) is 3. The molecule has 4 nitrogen and oxygen atoms in total. The number of benzene rings is 3. The number of fused-ring (bicyclic) bond motifs is 1. The summed E-state index contributed by atoms with van der Waals surface area (Å²) in [6.45, 7) is 0.748. The first kappa shape index (κ1) is 18.7. The number of amides is 1. The van der Waals surface area contributed by atoms with E-state index in [1.54, 1.807) is 12.1 Å². The smallest absolute Gasteiger partial charge is 0.228 e. The molecule has 0 aliphatic carbocycles. The molecule has 3 aromatic carbocycles. The SMILES string of the molecule is O=C(Cc1c[nH]c2ccccc12)Nc1ccc(NCCc2ccc(F)cc2)cc1. The van der Waals surface area contributed by atoms with E-state index in [1.807, 2.05) is 54.7 Å². The number of H-pyrrole nitrogens is 1. The van der Waals surface area contributed by atoms with E-state index in [4.69, 9.17) is 0 Å². The highest BCUT2D eigenvalue weighted by Crippen LogP contribution is 2.19. The van der Waals surface area contributed by atoms with Crippen LogP contribution in [0.4, 0.5) is 15.8 Å². The Morgan fingerprint density at radius 3 is 2.41 bits per heavy atom. The van der Waals surface area contributed by atoms with E-state index in [0.717, 1.165) is 46.4 Å². The van der Waals surface area contributed by atoms with Crippen molar-refractivity contribution in [2.45, 2.75) is 12.8 Å². The number of aromatic nitrogens is 1. The summed E-state index contributed by atoms with van der Waals surface area (Å²) in [7, 11) is 0. The fraction of sp³-hybridized carbons (Fsp3) is 0.125. The molecule has 5 heteroatoms. The number of carbonyl (C=O) groups is 1. The molecule has 1 aromatic heterocycles. The van der Waals surface area contributed by atoms with E-state index < -0.39 is 0 Å². The lowest BCUT2D eigenvalue weighted by molar-refractivity contribution is -0.115. The lowest BCUT2D eigenvalue weighted by atomic mass is 10.1. The van der Waals surface area contributed by atoms with Gasteiger partial charge in [-0.2, -0.15) is 0 Å². The molecular formula is C24H22FN3O. The van der Waals surface area contributed by atoms with Crippen LogP contribution in [0.1, 0.15) is 11.1 Å². The average molecular weight is 387 g/mol. The Bertz CT molecular complexity index is 1100. The number of para-hydroxylation sites is 1. The number of aromatic amines is 1. The minimum Gasteiger partial charge on any atom is -0.385 e. The summed E-state index contributed by atoms with van der Waals surface area (Å²) >= 11 is 0. The molecule has 3 N–H and O–H groups in total. The van der Waals surface area contributed by atoms with Gasteiger partial charge in [0.05, 0.1) is 6.42 Å². The van der Waals surface area contributed by atoms with Crippen molar-refractivity contribution < 1.29 is 9.18 Å². The molecule has 146 valence electrons. The Hall–Kier alpha value is -3.60. The van der Waals surface area contributed by atoms with E-state index in [2.05, 4.69) is 15.6 Å². The molecule has 0 aliphatic heterocycles. The van der Waals surface area contributed by atoms with Crippen LogP contribution in [0.25, 0.3) is 10.9 Å². The lowest BCUT2D eigenvalue weighted by Gasteiger charge is -2.09. The first-order chi connectivity index (χ1) is 14.2. The predicted octanol–water partition coefficient (Wildman–Crippen LogP) is 5.14. The van der Waals surface area contributed by atoms with Crippen LogP contribution in [-0.4, -0.2) is 17.4 Å². The third-order valence-electron chi connectivity index (χ3n) is 4.85. The first-order valence-electron chi connectivity index (χ1n) is 9.60. The highest BCUT2D eigenvalue weighted by molar-refractivity contribution is 5.95. The highest BCUT2D eigenvalue weighted by Gasteiger charge is 2.09. The number of hydrogen-bond acceptors (Lipinski definition) is 2. The molecule has 0 atom stereocenters. The molecule has 0 unspecified atom stereocenters. The third-order valence-corrected chi connectivity index (χ3v) is 4.85. The minimum absolute atomic E-state index is 0.0493. The summed E-state index contributed by atoms with van der Waals surface area (Å²) in [6.07, 6.45) is 3.02. The van der Waals surface area contributed by atoms with Crippen LogP contribution in [0.5, 0.6) is 0 Å². The average Bonchev–Trinajstić information content (AvgIpc) is 3.14. The molecule has 0 aliphatic rings. The van der Waals surface area contributed by atoms with Crippen LogP contribution in [-0.2, 0) is 17.6 Å². The number of nitrogens with one attached hydrogen (secondary N) is 3. The van der Waals surface area contributed by atoms with Crippen LogP contribution in [0, 0.1) is 5.82 Å².